The minimum atomic E-state index is -0.325. The summed E-state index contributed by atoms with van der Waals surface area (Å²) in [5.74, 6) is -0.230. The van der Waals surface area contributed by atoms with E-state index in [1.807, 2.05) is 0 Å². The van der Waals surface area contributed by atoms with Gasteiger partial charge >= 0.3 is 0 Å². The summed E-state index contributed by atoms with van der Waals surface area (Å²) in [6.45, 7) is 1.37. The van der Waals surface area contributed by atoms with Crippen LogP contribution < -0.4 is 16.0 Å². The predicted molar refractivity (Wildman–Crippen MR) is 86.5 cm³/mol. The van der Waals surface area contributed by atoms with Gasteiger partial charge in [-0.15, -0.1) is 0 Å². The number of rotatable bonds is 8. The molecule has 2 aromatic rings. The average Bonchev–Trinajstić information content (AvgIpc) is 3.08. The summed E-state index contributed by atoms with van der Waals surface area (Å²) in [6, 6.07) is 10.1. The van der Waals surface area contributed by atoms with E-state index in [4.69, 9.17) is 9.15 Å². The van der Waals surface area contributed by atoms with Crippen molar-refractivity contribution in [3.05, 3.63) is 48.4 Å². The van der Waals surface area contributed by atoms with Crippen molar-refractivity contribution in [1.29, 1.82) is 0 Å². The fourth-order valence-electron chi connectivity index (χ4n) is 1.82. The Morgan fingerprint density at radius 2 is 1.78 bits per heavy atom. The highest BCUT2D eigenvalue weighted by Crippen LogP contribution is 2.14. The van der Waals surface area contributed by atoms with Crippen LogP contribution in [0.2, 0.25) is 0 Å². The summed E-state index contributed by atoms with van der Waals surface area (Å²) in [5.41, 5.74) is 1.27. The zero-order valence-electron chi connectivity index (χ0n) is 12.8. The number of carbonyl (C=O) groups excluding carboxylic acids is 2. The highest BCUT2D eigenvalue weighted by Gasteiger charge is 2.08. The molecule has 0 unspecified atom stereocenters. The van der Waals surface area contributed by atoms with Crippen LogP contribution in [0.15, 0.2) is 47.1 Å². The number of nitrogens with one attached hydrogen (secondary N) is 3. The van der Waals surface area contributed by atoms with Gasteiger partial charge in [0.15, 0.2) is 5.76 Å². The molecule has 0 bridgehead atoms. The van der Waals surface area contributed by atoms with Crippen LogP contribution in [0.1, 0.15) is 10.6 Å². The molecule has 1 aromatic carbocycles. The third-order valence-corrected chi connectivity index (χ3v) is 2.94. The molecule has 2 rings (SSSR count). The molecule has 0 radical (unpaired) electrons. The Balaban J connectivity index is 1.80. The molecule has 0 aliphatic carbocycles. The Labute approximate surface area is 134 Å². The second-order valence-electron chi connectivity index (χ2n) is 4.73. The van der Waals surface area contributed by atoms with E-state index < -0.39 is 0 Å². The molecule has 0 aliphatic heterocycles. The van der Waals surface area contributed by atoms with Gasteiger partial charge in [0.1, 0.15) is 0 Å². The monoisotopic (exact) mass is 317 g/mol. The molecular weight excluding hydrogens is 298 g/mol. The van der Waals surface area contributed by atoms with Gasteiger partial charge in [0.2, 0.25) is 5.91 Å². The lowest BCUT2D eigenvalue weighted by molar-refractivity contribution is -0.115. The van der Waals surface area contributed by atoms with E-state index in [2.05, 4.69) is 16.0 Å². The van der Waals surface area contributed by atoms with Gasteiger partial charge in [-0.25, -0.2) is 0 Å². The molecule has 1 heterocycles. The van der Waals surface area contributed by atoms with Gasteiger partial charge in [-0.05, 0) is 36.4 Å². The topological polar surface area (TPSA) is 92.6 Å². The molecule has 3 N–H and O–H groups in total. The highest BCUT2D eigenvalue weighted by atomic mass is 16.5. The summed E-state index contributed by atoms with van der Waals surface area (Å²) >= 11 is 0. The average molecular weight is 317 g/mol. The first-order valence-corrected chi connectivity index (χ1v) is 7.13. The largest absolute Gasteiger partial charge is 0.459 e. The highest BCUT2D eigenvalue weighted by molar-refractivity contribution is 6.02. The third kappa shape index (κ3) is 5.57. The SMILES string of the molecule is COCCNCC(=O)Nc1ccc(NC(=O)c2ccco2)cc1. The van der Waals surface area contributed by atoms with E-state index in [-0.39, 0.29) is 24.1 Å². The van der Waals surface area contributed by atoms with Crippen LogP contribution in [0.4, 0.5) is 11.4 Å². The summed E-state index contributed by atoms with van der Waals surface area (Å²) in [7, 11) is 1.61. The first-order valence-electron chi connectivity index (χ1n) is 7.13. The lowest BCUT2D eigenvalue weighted by atomic mass is 10.2. The van der Waals surface area contributed by atoms with Crippen LogP contribution in [0, 0.1) is 0 Å². The third-order valence-electron chi connectivity index (χ3n) is 2.94. The van der Waals surface area contributed by atoms with E-state index in [1.165, 1.54) is 6.26 Å². The van der Waals surface area contributed by atoms with E-state index in [1.54, 1.807) is 43.5 Å². The predicted octanol–water partition coefficient (Wildman–Crippen LogP) is 1.71. The zero-order valence-corrected chi connectivity index (χ0v) is 12.8. The molecule has 0 atom stereocenters. The molecule has 7 nitrogen and oxygen atoms in total. The molecule has 0 fully saturated rings. The zero-order chi connectivity index (χ0) is 16.5. The van der Waals surface area contributed by atoms with Crippen LogP contribution in [0.5, 0.6) is 0 Å². The maximum atomic E-state index is 11.8. The van der Waals surface area contributed by atoms with E-state index in [0.717, 1.165) is 0 Å². The van der Waals surface area contributed by atoms with Crippen LogP contribution in [-0.2, 0) is 9.53 Å². The van der Waals surface area contributed by atoms with Crippen LogP contribution in [-0.4, -0.2) is 38.6 Å². The molecule has 2 amide bonds. The Morgan fingerprint density at radius 1 is 1.09 bits per heavy atom. The van der Waals surface area contributed by atoms with Crippen molar-refractivity contribution in [2.24, 2.45) is 0 Å². The van der Waals surface area contributed by atoms with Gasteiger partial charge < -0.3 is 25.1 Å². The maximum absolute atomic E-state index is 11.8. The van der Waals surface area contributed by atoms with Gasteiger partial charge in [-0.2, -0.15) is 0 Å². The van der Waals surface area contributed by atoms with Gasteiger partial charge in [0.05, 0.1) is 19.4 Å². The fraction of sp³-hybridized carbons (Fsp3) is 0.250. The number of hydrogen-bond acceptors (Lipinski definition) is 5. The number of furan rings is 1. The summed E-state index contributed by atoms with van der Waals surface area (Å²) in [6.07, 6.45) is 1.44. The molecule has 0 aliphatic rings. The Kier molecular flexibility index (Phi) is 6.34. The minimum absolute atomic E-state index is 0.145. The lowest BCUT2D eigenvalue weighted by Gasteiger charge is -2.08. The van der Waals surface area contributed by atoms with Crippen molar-refractivity contribution in [3.8, 4) is 0 Å². The number of anilines is 2. The van der Waals surface area contributed by atoms with Gasteiger partial charge in [0, 0.05) is 25.0 Å². The molecule has 23 heavy (non-hydrogen) atoms. The van der Waals surface area contributed by atoms with Crippen molar-refractivity contribution >= 4 is 23.2 Å². The fourth-order valence-corrected chi connectivity index (χ4v) is 1.82. The van der Waals surface area contributed by atoms with Crippen molar-refractivity contribution in [1.82, 2.24) is 5.32 Å². The molecular formula is C16H19N3O4. The summed E-state index contributed by atoms with van der Waals surface area (Å²) < 4.78 is 9.89. The molecule has 0 saturated carbocycles. The second kappa shape index (κ2) is 8.72. The van der Waals surface area contributed by atoms with Crippen molar-refractivity contribution in [2.45, 2.75) is 0 Å². The van der Waals surface area contributed by atoms with Gasteiger partial charge in [0.25, 0.3) is 5.91 Å². The lowest BCUT2D eigenvalue weighted by Crippen LogP contribution is -2.30. The molecule has 0 saturated heterocycles. The number of ether oxygens (including phenoxy) is 1. The van der Waals surface area contributed by atoms with Crippen molar-refractivity contribution < 1.29 is 18.7 Å². The number of hydrogen-bond donors (Lipinski definition) is 3. The number of benzene rings is 1. The van der Waals surface area contributed by atoms with Crippen molar-refractivity contribution in [3.63, 3.8) is 0 Å². The van der Waals surface area contributed by atoms with E-state index in [9.17, 15) is 9.59 Å². The normalized spacial score (nSPS) is 10.3. The van der Waals surface area contributed by atoms with E-state index in [0.29, 0.717) is 24.5 Å². The molecule has 7 heteroatoms. The minimum Gasteiger partial charge on any atom is -0.459 e. The maximum Gasteiger partial charge on any atom is 0.291 e. The summed E-state index contributed by atoms with van der Waals surface area (Å²) in [4.78, 5) is 23.5. The van der Waals surface area contributed by atoms with Gasteiger partial charge in [-0.3, -0.25) is 9.59 Å². The summed E-state index contributed by atoms with van der Waals surface area (Å²) in [5, 5.41) is 8.41. The second-order valence-corrected chi connectivity index (χ2v) is 4.73. The first kappa shape index (κ1) is 16.7. The number of amides is 2. The Bertz CT molecular complexity index is 623. The van der Waals surface area contributed by atoms with Crippen LogP contribution in [0.3, 0.4) is 0 Å². The standard InChI is InChI=1S/C16H19N3O4/c1-22-10-8-17-11-15(20)18-12-4-6-13(7-5-12)19-16(21)14-3-2-9-23-14/h2-7,9,17H,8,10-11H2,1H3,(H,18,20)(H,19,21). The number of carbonyl (C=O) groups is 2. The quantitative estimate of drug-likeness (QED) is 0.645. The Hall–Kier alpha value is -2.64. The molecule has 122 valence electrons. The Morgan fingerprint density at radius 3 is 2.39 bits per heavy atom. The molecule has 1 aromatic heterocycles. The molecule has 0 spiro atoms. The van der Waals surface area contributed by atoms with Crippen LogP contribution in [0.25, 0.3) is 0 Å². The van der Waals surface area contributed by atoms with Gasteiger partial charge in [-0.1, -0.05) is 0 Å². The van der Waals surface area contributed by atoms with E-state index >= 15 is 0 Å². The smallest absolute Gasteiger partial charge is 0.291 e. The van der Waals surface area contributed by atoms with Crippen molar-refractivity contribution in [2.75, 3.05) is 37.4 Å². The number of methoxy groups -OCH3 is 1. The first-order chi connectivity index (χ1) is 11.2. The van der Waals surface area contributed by atoms with Crippen LogP contribution >= 0.6 is 0 Å².